The van der Waals surface area contributed by atoms with Crippen molar-refractivity contribution in [1.29, 1.82) is 0 Å². The average molecular weight is 389 g/mol. The Bertz CT molecular complexity index is 920. The van der Waals surface area contributed by atoms with Gasteiger partial charge in [0.2, 0.25) is 10.0 Å². The Morgan fingerprint density at radius 3 is 2.41 bits per heavy atom. The summed E-state index contributed by atoms with van der Waals surface area (Å²) in [6, 6.07) is 12.0. The number of hydrogen-bond donors (Lipinski definition) is 1. The van der Waals surface area contributed by atoms with Gasteiger partial charge in [0.15, 0.2) is 0 Å². The van der Waals surface area contributed by atoms with Crippen molar-refractivity contribution in [2.45, 2.75) is 31.1 Å². The summed E-state index contributed by atoms with van der Waals surface area (Å²) in [4.78, 5) is 12.6. The van der Waals surface area contributed by atoms with Gasteiger partial charge in [0, 0.05) is 37.5 Å². The van der Waals surface area contributed by atoms with E-state index in [9.17, 15) is 18.5 Å². The predicted octanol–water partition coefficient (Wildman–Crippen LogP) is 3.02. The Labute approximate surface area is 159 Å². The molecule has 1 aliphatic rings. The van der Waals surface area contributed by atoms with Crippen LogP contribution in [0.4, 0.5) is 11.4 Å². The Morgan fingerprint density at radius 1 is 1.11 bits per heavy atom. The van der Waals surface area contributed by atoms with Crippen LogP contribution in [-0.2, 0) is 16.4 Å². The third-order valence-corrected chi connectivity index (χ3v) is 6.39. The van der Waals surface area contributed by atoms with Crippen LogP contribution in [0, 0.1) is 17.0 Å². The predicted molar refractivity (Wildman–Crippen MR) is 105 cm³/mol. The molecule has 2 aromatic carbocycles. The van der Waals surface area contributed by atoms with Gasteiger partial charge in [0.25, 0.3) is 5.69 Å². The van der Waals surface area contributed by atoms with E-state index in [1.807, 2.05) is 12.1 Å². The largest absolute Gasteiger partial charge is 0.372 e. The molecule has 2 aromatic rings. The zero-order valence-corrected chi connectivity index (χ0v) is 16.0. The lowest BCUT2D eigenvalue weighted by Gasteiger charge is -2.17. The monoisotopic (exact) mass is 389 g/mol. The molecule has 0 aromatic heterocycles. The molecule has 1 fully saturated rings. The zero-order valence-electron chi connectivity index (χ0n) is 15.2. The molecular weight excluding hydrogens is 366 g/mol. The molecule has 0 saturated carbocycles. The van der Waals surface area contributed by atoms with Crippen LogP contribution < -0.4 is 9.62 Å². The molecule has 8 heteroatoms. The number of nitrogens with one attached hydrogen (secondary N) is 1. The summed E-state index contributed by atoms with van der Waals surface area (Å²) in [5, 5.41) is 10.9. The summed E-state index contributed by atoms with van der Waals surface area (Å²) in [6.07, 6.45) is 2.99. The second-order valence-electron chi connectivity index (χ2n) is 6.72. The molecule has 3 rings (SSSR count). The van der Waals surface area contributed by atoms with Crippen molar-refractivity contribution in [3.05, 3.63) is 63.7 Å². The first-order valence-electron chi connectivity index (χ1n) is 8.95. The van der Waals surface area contributed by atoms with Crippen LogP contribution in [0.2, 0.25) is 0 Å². The minimum absolute atomic E-state index is 0.0546. The molecule has 27 heavy (non-hydrogen) atoms. The minimum atomic E-state index is -3.80. The fourth-order valence-electron chi connectivity index (χ4n) is 3.25. The molecule has 7 nitrogen and oxygen atoms in total. The van der Waals surface area contributed by atoms with Crippen LogP contribution >= 0.6 is 0 Å². The number of nitro benzene ring substituents is 1. The number of nitrogens with zero attached hydrogens (tertiary/aromatic N) is 2. The highest BCUT2D eigenvalue weighted by Gasteiger charge is 2.20. The second-order valence-corrected chi connectivity index (χ2v) is 8.45. The Morgan fingerprint density at radius 2 is 1.78 bits per heavy atom. The highest BCUT2D eigenvalue weighted by molar-refractivity contribution is 7.89. The Hall–Kier alpha value is -2.45. The van der Waals surface area contributed by atoms with E-state index in [1.165, 1.54) is 30.7 Å². The minimum Gasteiger partial charge on any atom is -0.372 e. The van der Waals surface area contributed by atoms with E-state index in [0.717, 1.165) is 24.7 Å². The van der Waals surface area contributed by atoms with Gasteiger partial charge in [-0.15, -0.1) is 0 Å². The third kappa shape index (κ3) is 4.64. The van der Waals surface area contributed by atoms with E-state index < -0.39 is 14.9 Å². The van der Waals surface area contributed by atoms with Crippen LogP contribution in [0.25, 0.3) is 0 Å². The number of anilines is 1. The van der Waals surface area contributed by atoms with E-state index in [1.54, 1.807) is 6.92 Å². The van der Waals surface area contributed by atoms with Crippen molar-refractivity contribution in [3.8, 4) is 0 Å². The summed E-state index contributed by atoms with van der Waals surface area (Å²) in [5.74, 6) is 0. The molecule has 0 spiro atoms. The second kappa shape index (κ2) is 8.06. The van der Waals surface area contributed by atoms with Crippen molar-refractivity contribution in [1.82, 2.24) is 4.72 Å². The molecule has 0 unspecified atom stereocenters. The maximum Gasteiger partial charge on any atom is 0.270 e. The molecular formula is C19H23N3O4S. The summed E-state index contributed by atoms with van der Waals surface area (Å²) < 4.78 is 27.6. The zero-order chi connectivity index (χ0) is 19.4. The van der Waals surface area contributed by atoms with Crippen LogP contribution in [0.15, 0.2) is 47.4 Å². The molecule has 1 aliphatic heterocycles. The molecule has 1 saturated heterocycles. The summed E-state index contributed by atoms with van der Waals surface area (Å²) >= 11 is 0. The van der Waals surface area contributed by atoms with Crippen LogP contribution in [0.3, 0.4) is 0 Å². The van der Waals surface area contributed by atoms with E-state index >= 15 is 0 Å². The molecule has 0 radical (unpaired) electrons. The number of nitro groups is 1. The van der Waals surface area contributed by atoms with Gasteiger partial charge in [0.05, 0.1) is 9.82 Å². The number of rotatable bonds is 7. The number of sulfonamides is 1. The lowest BCUT2D eigenvalue weighted by atomic mass is 10.1. The van der Waals surface area contributed by atoms with E-state index in [-0.39, 0.29) is 17.1 Å². The van der Waals surface area contributed by atoms with Crippen molar-refractivity contribution < 1.29 is 13.3 Å². The lowest BCUT2D eigenvalue weighted by molar-refractivity contribution is -0.385. The fourth-order valence-corrected chi connectivity index (χ4v) is 4.54. The smallest absolute Gasteiger partial charge is 0.270 e. The number of benzene rings is 2. The fraction of sp³-hybridized carbons (Fsp3) is 0.368. The van der Waals surface area contributed by atoms with Crippen molar-refractivity contribution in [2.24, 2.45) is 0 Å². The van der Waals surface area contributed by atoms with Crippen LogP contribution in [0.1, 0.15) is 24.0 Å². The van der Waals surface area contributed by atoms with Crippen LogP contribution in [-0.4, -0.2) is 33.0 Å². The molecule has 1 N–H and O–H groups in total. The quantitative estimate of drug-likeness (QED) is 0.580. The first-order chi connectivity index (χ1) is 12.9. The molecule has 0 amide bonds. The van der Waals surface area contributed by atoms with Crippen molar-refractivity contribution >= 4 is 21.4 Å². The normalized spacial score (nSPS) is 14.5. The highest BCUT2D eigenvalue weighted by Crippen LogP contribution is 2.22. The maximum absolute atomic E-state index is 12.5. The van der Waals surface area contributed by atoms with Crippen molar-refractivity contribution in [2.75, 3.05) is 24.5 Å². The van der Waals surface area contributed by atoms with Gasteiger partial charge >= 0.3 is 0 Å². The van der Waals surface area contributed by atoms with Gasteiger partial charge in [-0.25, -0.2) is 13.1 Å². The molecule has 1 heterocycles. The third-order valence-electron chi connectivity index (χ3n) is 4.79. The standard InChI is InChI=1S/C19H23N3O4S/c1-15-4-7-18(22(23)24)14-19(15)27(25,26)20-11-10-16-5-8-17(9-6-16)21-12-2-3-13-21/h4-9,14,20H,2-3,10-13H2,1H3. The average Bonchev–Trinajstić information content (AvgIpc) is 3.17. The first-order valence-corrected chi connectivity index (χ1v) is 10.4. The van der Waals surface area contributed by atoms with Gasteiger partial charge in [0.1, 0.15) is 0 Å². The highest BCUT2D eigenvalue weighted by atomic mass is 32.2. The van der Waals surface area contributed by atoms with E-state index in [0.29, 0.717) is 12.0 Å². The molecule has 0 aliphatic carbocycles. The van der Waals surface area contributed by atoms with E-state index in [4.69, 9.17) is 0 Å². The van der Waals surface area contributed by atoms with Crippen molar-refractivity contribution in [3.63, 3.8) is 0 Å². The maximum atomic E-state index is 12.5. The molecule has 0 bridgehead atoms. The lowest BCUT2D eigenvalue weighted by Crippen LogP contribution is -2.26. The van der Waals surface area contributed by atoms with Crippen LogP contribution in [0.5, 0.6) is 0 Å². The summed E-state index contributed by atoms with van der Waals surface area (Å²) in [6.45, 7) is 4.02. The van der Waals surface area contributed by atoms with Gasteiger partial charge in [-0.2, -0.15) is 0 Å². The van der Waals surface area contributed by atoms with Gasteiger partial charge in [-0.05, 0) is 49.4 Å². The Balaban J connectivity index is 1.62. The van der Waals surface area contributed by atoms with Gasteiger partial charge in [-0.3, -0.25) is 10.1 Å². The van der Waals surface area contributed by atoms with Gasteiger partial charge < -0.3 is 4.90 Å². The first kappa shape index (κ1) is 19.3. The summed E-state index contributed by atoms with van der Waals surface area (Å²) in [7, 11) is -3.80. The SMILES string of the molecule is Cc1ccc([N+](=O)[O-])cc1S(=O)(=O)NCCc1ccc(N2CCCC2)cc1. The number of non-ortho nitro benzene ring substituents is 1. The summed E-state index contributed by atoms with van der Waals surface area (Å²) in [5.41, 5.74) is 2.47. The molecule has 0 atom stereocenters. The number of aryl methyl sites for hydroxylation is 1. The Kier molecular flexibility index (Phi) is 5.76. The van der Waals surface area contributed by atoms with E-state index in [2.05, 4.69) is 21.8 Å². The molecule has 144 valence electrons. The number of hydrogen-bond acceptors (Lipinski definition) is 5. The topological polar surface area (TPSA) is 92.5 Å². The van der Waals surface area contributed by atoms with Gasteiger partial charge in [-0.1, -0.05) is 18.2 Å².